The smallest absolute Gasteiger partial charge is 0.269 e. The minimum atomic E-state index is -0.315. The van der Waals surface area contributed by atoms with Gasteiger partial charge in [-0.15, -0.1) is 11.3 Å². The highest BCUT2D eigenvalue weighted by Crippen LogP contribution is 2.23. The molecule has 0 aromatic carbocycles. The minimum absolute atomic E-state index is 0.0378. The van der Waals surface area contributed by atoms with Crippen molar-refractivity contribution in [1.29, 1.82) is 0 Å². The molecule has 0 radical (unpaired) electrons. The maximum atomic E-state index is 12.4. The Balaban J connectivity index is 1.46. The highest BCUT2D eigenvalue weighted by atomic mass is 32.1. The topological polar surface area (TPSA) is 119 Å². The fraction of sp³-hybridized carbons (Fsp3) is 0.118. The number of thiophene rings is 1. The molecule has 136 valence electrons. The van der Waals surface area contributed by atoms with Crippen molar-refractivity contribution >= 4 is 17.2 Å². The third kappa shape index (κ3) is 3.42. The number of nitrogens with one attached hydrogen (secondary N) is 2. The van der Waals surface area contributed by atoms with Crippen LogP contribution >= 0.6 is 11.3 Å². The van der Waals surface area contributed by atoms with E-state index in [4.69, 9.17) is 4.52 Å². The van der Waals surface area contributed by atoms with Crippen LogP contribution in [0.5, 0.6) is 0 Å². The van der Waals surface area contributed by atoms with E-state index in [1.807, 2.05) is 17.5 Å². The van der Waals surface area contributed by atoms with Crippen LogP contribution < -0.4 is 10.9 Å². The van der Waals surface area contributed by atoms with E-state index in [1.54, 1.807) is 36.6 Å². The molecule has 4 rings (SSSR count). The molecule has 0 fully saturated rings. The summed E-state index contributed by atoms with van der Waals surface area (Å²) in [5.74, 6) is 0.0500. The zero-order valence-corrected chi connectivity index (χ0v) is 15.0. The molecule has 27 heavy (non-hydrogen) atoms. The monoisotopic (exact) mass is 382 g/mol. The Labute approximate surface area is 156 Å². The number of hydrogen-bond acceptors (Lipinski definition) is 7. The average Bonchev–Trinajstić information content (AvgIpc) is 3.40. The van der Waals surface area contributed by atoms with Crippen LogP contribution in [0.3, 0.4) is 0 Å². The molecule has 4 heterocycles. The molecule has 0 aliphatic rings. The molecule has 0 aliphatic carbocycles. The first kappa shape index (κ1) is 16.9. The van der Waals surface area contributed by atoms with Gasteiger partial charge in [-0.05, 0) is 29.6 Å². The molecule has 0 spiro atoms. The van der Waals surface area contributed by atoms with E-state index in [9.17, 15) is 9.59 Å². The second-order valence-electron chi connectivity index (χ2n) is 5.62. The minimum Gasteiger partial charge on any atom is -0.342 e. The van der Waals surface area contributed by atoms with Crippen molar-refractivity contribution in [2.75, 3.05) is 0 Å². The van der Waals surface area contributed by atoms with Crippen LogP contribution in [0.1, 0.15) is 16.4 Å². The second kappa shape index (κ2) is 7.00. The number of pyridine rings is 1. The van der Waals surface area contributed by atoms with E-state index >= 15 is 0 Å². The Morgan fingerprint density at radius 1 is 1.37 bits per heavy atom. The number of aryl methyl sites for hydroxylation is 1. The van der Waals surface area contributed by atoms with E-state index in [0.29, 0.717) is 11.3 Å². The van der Waals surface area contributed by atoms with Gasteiger partial charge < -0.3 is 14.8 Å². The first-order chi connectivity index (χ1) is 13.1. The Hall–Kier alpha value is -3.53. The number of aromatic amines is 1. The molecule has 4 aromatic heterocycles. The number of carbonyl (C=O) groups excluding carboxylic acids is 1. The summed E-state index contributed by atoms with van der Waals surface area (Å²) in [4.78, 5) is 31.9. The standard InChI is InChI=1S/C17H14N6O3S/c1-23-12(8-11(21-23)13-5-3-7-27-13)17(25)19-9-14-20-15(22-26-14)10-4-2-6-18-16(10)24/h2-8H,9H2,1H3,(H,18,24)(H,19,25). The van der Waals surface area contributed by atoms with Crippen LogP contribution in [-0.2, 0) is 13.6 Å². The molecule has 0 aliphatic heterocycles. The van der Waals surface area contributed by atoms with Crippen LogP contribution in [0.4, 0.5) is 0 Å². The van der Waals surface area contributed by atoms with Gasteiger partial charge >= 0.3 is 0 Å². The summed E-state index contributed by atoms with van der Waals surface area (Å²) in [6.45, 7) is 0.0378. The molecule has 4 aromatic rings. The number of hydrogen-bond donors (Lipinski definition) is 2. The molecular weight excluding hydrogens is 368 g/mol. The number of H-pyrrole nitrogens is 1. The van der Waals surface area contributed by atoms with E-state index in [2.05, 4.69) is 25.5 Å². The quantitative estimate of drug-likeness (QED) is 0.543. The first-order valence-corrected chi connectivity index (χ1v) is 8.86. The zero-order valence-electron chi connectivity index (χ0n) is 14.2. The van der Waals surface area contributed by atoms with E-state index in [-0.39, 0.29) is 29.7 Å². The van der Waals surface area contributed by atoms with Crippen LogP contribution in [0.25, 0.3) is 22.0 Å². The van der Waals surface area contributed by atoms with Crippen molar-refractivity contribution < 1.29 is 9.32 Å². The van der Waals surface area contributed by atoms with Gasteiger partial charge in [-0.3, -0.25) is 14.3 Å². The molecule has 0 unspecified atom stereocenters. The predicted octanol–water partition coefficient (Wildman–Crippen LogP) is 1.82. The SMILES string of the molecule is Cn1nc(-c2cccs2)cc1C(=O)NCc1nc(-c2ccc[nH]c2=O)no1. The van der Waals surface area contributed by atoms with E-state index in [0.717, 1.165) is 10.6 Å². The van der Waals surface area contributed by atoms with Crippen LogP contribution in [0, 0.1) is 0 Å². The molecule has 0 saturated carbocycles. The molecule has 10 heteroatoms. The molecule has 9 nitrogen and oxygen atoms in total. The molecule has 1 amide bonds. The van der Waals surface area contributed by atoms with Crippen molar-refractivity contribution in [3.05, 3.63) is 63.8 Å². The number of rotatable bonds is 5. The van der Waals surface area contributed by atoms with Crippen LogP contribution in [0.15, 0.2) is 51.2 Å². The van der Waals surface area contributed by atoms with Gasteiger partial charge in [-0.1, -0.05) is 11.2 Å². The maximum Gasteiger partial charge on any atom is 0.269 e. The Morgan fingerprint density at radius 2 is 2.26 bits per heavy atom. The molecular formula is C17H14N6O3S. The number of amides is 1. The summed E-state index contributed by atoms with van der Waals surface area (Å²) in [6.07, 6.45) is 1.52. The normalized spacial score (nSPS) is 10.9. The second-order valence-corrected chi connectivity index (χ2v) is 6.57. The molecule has 0 bridgehead atoms. The fourth-order valence-corrected chi connectivity index (χ4v) is 3.19. The third-order valence-corrected chi connectivity index (χ3v) is 4.71. The lowest BCUT2D eigenvalue weighted by Gasteiger charge is -2.01. The highest BCUT2D eigenvalue weighted by molar-refractivity contribution is 7.13. The number of aromatic nitrogens is 5. The molecule has 0 atom stereocenters. The van der Waals surface area contributed by atoms with Crippen LogP contribution in [-0.4, -0.2) is 30.8 Å². The van der Waals surface area contributed by atoms with Gasteiger partial charge in [0.1, 0.15) is 11.4 Å². The van der Waals surface area contributed by atoms with E-state index in [1.165, 1.54) is 10.9 Å². The summed E-state index contributed by atoms with van der Waals surface area (Å²) in [6, 6.07) is 8.86. The summed E-state index contributed by atoms with van der Waals surface area (Å²) in [5.41, 5.74) is 1.13. The fourth-order valence-electron chi connectivity index (χ4n) is 2.50. The Morgan fingerprint density at radius 3 is 3.04 bits per heavy atom. The van der Waals surface area contributed by atoms with Gasteiger partial charge in [0.15, 0.2) is 0 Å². The van der Waals surface area contributed by atoms with Crippen molar-refractivity contribution in [1.82, 2.24) is 30.2 Å². The summed E-state index contributed by atoms with van der Waals surface area (Å²) >= 11 is 1.55. The summed E-state index contributed by atoms with van der Waals surface area (Å²) < 4.78 is 6.63. The predicted molar refractivity (Wildman–Crippen MR) is 98.0 cm³/mol. The van der Waals surface area contributed by atoms with Crippen LogP contribution in [0.2, 0.25) is 0 Å². The van der Waals surface area contributed by atoms with Gasteiger partial charge in [0, 0.05) is 13.2 Å². The zero-order chi connectivity index (χ0) is 18.8. The Bertz CT molecular complexity index is 1140. The maximum absolute atomic E-state index is 12.4. The van der Waals surface area contributed by atoms with Crippen molar-refractivity contribution in [2.45, 2.75) is 6.54 Å². The van der Waals surface area contributed by atoms with Gasteiger partial charge in [-0.25, -0.2) is 0 Å². The number of carbonyl (C=O) groups is 1. The number of nitrogens with zero attached hydrogens (tertiary/aromatic N) is 4. The van der Waals surface area contributed by atoms with E-state index < -0.39 is 0 Å². The highest BCUT2D eigenvalue weighted by Gasteiger charge is 2.16. The average molecular weight is 382 g/mol. The van der Waals surface area contributed by atoms with Crippen molar-refractivity contribution in [3.8, 4) is 22.0 Å². The lowest BCUT2D eigenvalue weighted by molar-refractivity contribution is 0.0937. The van der Waals surface area contributed by atoms with Gasteiger partial charge in [0.2, 0.25) is 11.7 Å². The first-order valence-electron chi connectivity index (χ1n) is 7.98. The molecule has 0 saturated heterocycles. The van der Waals surface area contributed by atoms with Crippen molar-refractivity contribution in [2.24, 2.45) is 7.05 Å². The largest absolute Gasteiger partial charge is 0.342 e. The Kier molecular flexibility index (Phi) is 4.38. The third-order valence-electron chi connectivity index (χ3n) is 3.81. The summed E-state index contributed by atoms with van der Waals surface area (Å²) in [7, 11) is 1.71. The molecule has 2 N–H and O–H groups in total. The summed E-state index contributed by atoms with van der Waals surface area (Å²) in [5, 5.41) is 12.8. The van der Waals surface area contributed by atoms with Gasteiger partial charge in [-0.2, -0.15) is 10.1 Å². The lowest BCUT2D eigenvalue weighted by Crippen LogP contribution is -2.25. The lowest BCUT2D eigenvalue weighted by atomic mass is 10.3. The van der Waals surface area contributed by atoms with Crippen molar-refractivity contribution in [3.63, 3.8) is 0 Å². The van der Waals surface area contributed by atoms with Gasteiger partial charge in [0.05, 0.1) is 17.0 Å². The van der Waals surface area contributed by atoms with Gasteiger partial charge in [0.25, 0.3) is 11.5 Å².